The molecule has 90 valence electrons. The Bertz CT molecular complexity index is 505. The lowest BCUT2D eigenvalue weighted by Gasteiger charge is -2.10. The Balaban J connectivity index is 2.22. The van der Waals surface area contributed by atoms with Gasteiger partial charge in [0.1, 0.15) is 0 Å². The smallest absolute Gasteiger partial charge is 0.207 e. The van der Waals surface area contributed by atoms with Gasteiger partial charge in [-0.3, -0.25) is 0 Å². The Morgan fingerprint density at radius 3 is 2.94 bits per heavy atom. The van der Waals surface area contributed by atoms with Crippen LogP contribution in [0.1, 0.15) is 18.9 Å². The highest BCUT2D eigenvalue weighted by Crippen LogP contribution is 2.26. The molecule has 0 aliphatic rings. The molecule has 1 N–H and O–H groups in total. The first-order valence-electron chi connectivity index (χ1n) is 5.75. The molecule has 0 saturated heterocycles. The average Bonchev–Trinajstić information content (AvgIpc) is 2.71. The molecule has 2 aromatic rings. The van der Waals surface area contributed by atoms with Crippen LogP contribution in [0.3, 0.4) is 0 Å². The maximum atomic E-state index is 4.32. The van der Waals surface area contributed by atoms with Crippen molar-refractivity contribution in [1.29, 1.82) is 0 Å². The summed E-state index contributed by atoms with van der Waals surface area (Å²) in [5.41, 5.74) is 2.28. The summed E-state index contributed by atoms with van der Waals surface area (Å²) in [6.07, 6.45) is 4.91. The molecule has 0 amide bonds. The minimum absolute atomic E-state index is 0.886. The van der Waals surface area contributed by atoms with Gasteiger partial charge >= 0.3 is 0 Å². The lowest BCUT2D eigenvalue weighted by molar-refractivity contribution is 0.686. The Labute approximate surface area is 110 Å². The van der Waals surface area contributed by atoms with E-state index in [2.05, 4.69) is 62.8 Å². The molecule has 0 spiro atoms. The van der Waals surface area contributed by atoms with Crippen LogP contribution in [0.5, 0.6) is 0 Å². The molecule has 0 saturated carbocycles. The summed E-state index contributed by atoms with van der Waals surface area (Å²) < 4.78 is 3.18. The van der Waals surface area contributed by atoms with E-state index in [9.17, 15) is 0 Å². The van der Waals surface area contributed by atoms with E-state index in [4.69, 9.17) is 0 Å². The van der Waals surface area contributed by atoms with Crippen molar-refractivity contribution in [3.8, 4) is 0 Å². The van der Waals surface area contributed by atoms with Gasteiger partial charge in [-0.05, 0) is 47.0 Å². The summed E-state index contributed by atoms with van der Waals surface area (Å²) in [5.74, 6) is 0.886. The molecule has 4 heteroatoms. The van der Waals surface area contributed by atoms with E-state index in [0.717, 1.165) is 29.1 Å². The molecule has 0 aliphatic heterocycles. The summed E-state index contributed by atoms with van der Waals surface area (Å²) in [7, 11) is 0. The largest absolute Gasteiger partial charge is 0.325 e. The van der Waals surface area contributed by atoms with E-state index in [0.29, 0.717) is 0 Å². The van der Waals surface area contributed by atoms with E-state index in [1.807, 2.05) is 12.4 Å². The van der Waals surface area contributed by atoms with Crippen molar-refractivity contribution < 1.29 is 0 Å². The first-order valence-corrected chi connectivity index (χ1v) is 6.54. The number of benzene rings is 1. The quantitative estimate of drug-likeness (QED) is 0.919. The van der Waals surface area contributed by atoms with Gasteiger partial charge in [0, 0.05) is 23.4 Å². The van der Waals surface area contributed by atoms with Gasteiger partial charge in [0.05, 0.1) is 5.69 Å². The molecular formula is C13H16BrN3. The molecule has 2 rings (SSSR count). The number of anilines is 2. The van der Waals surface area contributed by atoms with Gasteiger partial charge in [0.2, 0.25) is 5.95 Å². The summed E-state index contributed by atoms with van der Waals surface area (Å²) >= 11 is 3.56. The van der Waals surface area contributed by atoms with E-state index in [-0.39, 0.29) is 0 Å². The molecule has 1 heterocycles. The van der Waals surface area contributed by atoms with Crippen LogP contribution < -0.4 is 5.32 Å². The van der Waals surface area contributed by atoms with Gasteiger partial charge in [0.15, 0.2) is 0 Å². The van der Waals surface area contributed by atoms with E-state index >= 15 is 0 Å². The highest BCUT2D eigenvalue weighted by Gasteiger charge is 2.05. The van der Waals surface area contributed by atoms with Gasteiger partial charge < -0.3 is 9.88 Å². The third-order valence-corrected chi connectivity index (χ3v) is 3.21. The minimum atomic E-state index is 0.886. The number of nitrogens with zero attached hydrogens (tertiary/aromatic N) is 2. The number of aromatic nitrogens is 2. The fourth-order valence-corrected chi connectivity index (χ4v) is 2.29. The highest BCUT2D eigenvalue weighted by atomic mass is 79.9. The monoisotopic (exact) mass is 293 g/mol. The van der Waals surface area contributed by atoms with Gasteiger partial charge in [-0.25, -0.2) is 4.98 Å². The van der Waals surface area contributed by atoms with E-state index in [1.165, 1.54) is 5.56 Å². The number of hydrogen-bond donors (Lipinski definition) is 1. The van der Waals surface area contributed by atoms with Crippen LogP contribution >= 0.6 is 15.9 Å². The normalized spacial score (nSPS) is 10.5. The second kappa shape index (κ2) is 5.36. The number of halogens is 1. The highest BCUT2D eigenvalue weighted by molar-refractivity contribution is 9.10. The van der Waals surface area contributed by atoms with Gasteiger partial charge in [0.25, 0.3) is 0 Å². The number of rotatable bonds is 4. The van der Waals surface area contributed by atoms with Crippen LogP contribution in [0, 0.1) is 6.92 Å². The lowest BCUT2D eigenvalue weighted by Crippen LogP contribution is -2.03. The van der Waals surface area contributed by atoms with E-state index in [1.54, 1.807) is 0 Å². The summed E-state index contributed by atoms with van der Waals surface area (Å²) in [5, 5.41) is 3.34. The Kier molecular flexibility index (Phi) is 3.84. The van der Waals surface area contributed by atoms with Crippen molar-refractivity contribution in [3.63, 3.8) is 0 Å². The second-order valence-electron chi connectivity index (χ2n) is 4.05. The molecule has 0 radical (unpaired) electrons. The molecule has 1 aromatic heterocycles. The van der Waals surface area contributed by atoms with Crippen LogP contribution in [0.15, 0.2) is 35.1 Å². The van der Waals surface area contributed by atoms with Crippen LogP contribution in [0.2, 0.25) is 0 Å². The van der Waals surface area contributed by atoms with Crippen LogP contribution in [0.4, 0.5) is 11.6 Å². The minimum Gasteiger partial charge on any atom is -0.325 e. The zero-order valence-electron chi connectivity index (χ0n) is 10.1. The first-order chi connectivity index (χ1) is 8.20. The molecule has 1 aromatic carbocycles. The average molecular weight is 294 g/mol. The maximum Gasteiger partial charge on any atom is 0.207 e. The van der Waals surface area contributed by atoms with Crippen LogP contribution in [-0.4, -0.2) is 9.55 Å². The number of hydrogen-bond acceptors (Lipinski definition) is 2. The van der Waals surface area contributed by atoms with Crippen molar-refractivity contribution in [2.24, 2.45) is 0 Å². The molecule has 0 unspecified atom stereocenters. The molecule has 0 bridgehead atoms. The van der Waals surface area contributed by atoms with Crippen molar-refractivity contribution in [2.45, 2.75) is 26.8 Å². The Morgan fingerprint density at radius 2 is 2.24 bits per heavy atom. The number of aryl methyl sites for hydroxylation is 2. The van der Waals surface area contributed by atoms with Crippen molar-refractivity contribution in [2.75, 3.05) is 5.32 Å². The fourth-order valence-electron chi connectivity index (χ4n) is 1.70. The lowest BCUT2D eigenvalue weighted by atomic mass is 10.2. The van der Waals surface area contributed by atoms with Crippen LogP contribution in [0.25, 0.3) is 0 Å². The molecular weight excluding hydrogens is 278 g/mol. The number of imidazole rings is 1. The summed E-state index contributed by atoms with van der Waals surface area (Å²) in [4.78, 5) is 4.32. The maximum absolute atomic E-state index is 4.32. The van der Waals surface area contributed by atoms with Crippen molar-refractivity contribution in [1.82, 2.24) is 9.55 Å². The topological polar surface area (TPSA) is 29.9 Å². The van der Waals surface area contributed by atoms with Gasteiger partial charge in [-0.2, -0.15) is 0 Å². The molecule has 3 nitrogen and oxygen atoms in total. The van der Waals surface area contributed by atoms with Crippen LogP contribution in [-0.2, 0) is 6.54 Å². The SMILES string of the molecule is CCCn1ccnc1Nc1ccc(C)cc1Br. The standard InChI is InChI=1S/C13H16BrN3/c1-3-7-17-8-6-15-13(17)16-12-5-4-10(2)9-11(12)14/h4-6,8-9H,3,7H2,1-2H3,(H,15,16). The number of nitrogens with one attached hydrogen (secondary N) is 1. The summed E-state index contributed by atoms with van der Waals surface area (Å²) in [6.45, 7) is 5.21. The van der Waals surface area contributed by atoms with Crippen molar-refractivity contribution >= 4 is 27.6 Å². The molecule has 0 fully saturated rings. The zero-order chi connectivity index (χ0) is 12.3. The second-order valence-corrected chi connectivity index (χ2v) is 4.91. The fraction of sp³-hybridized carbons (Fsp3) is 0.308. The molecule has 17 heavy (non-hydrogen) atoms. The predicted octanol–water partition coefficient (Wildman–Crippen LogP) is 4.11. The molecule has 0 aliphatic carbocycles. The Morgan fingerprint density at radius 1 is 1.41 bits per heavy atom. The van der Waals surface area contributed by atoms with Gasteiger partial charge in [-0.15, -0.1) is 0 Å². The summed E-state index contributed by atoms with van der Waals surface area (Å²) in [6, 6.07) is 6.24. The third-order valence-electron chi connectivity index (χ3n) is 2.55. The zero-order valence-corrected chi connectivity index (χ0v) is 11.7. The van der Waals surface area contributed by atoms with E-state index < -0.39 is 0 Å². The first kappa shape index (κ1) is 12.2. The predicted molar refractivity (Wildman–Crippen MR) is 74.7 cm³/mol. The Hall–Kier alpha value is -1.29. The van der Waals surface area contributed by atoms with Crippen molar-refractivity contribution in [3.05, 3.63) is 40.6 Å². The van der Waals surface area contributed by atoms with Gasteiger partial charge in [-0.1, -0.05) is 13.0 Å². The molecule has 0 atom stereocenters. The third kappa shape index (κ3) is 2.88.